The molecule has 0 saturated carbocycles. The van der Waals surface area contributed by atoms with Crippen LogP contribution in [-0.2, 0) is 27.7 Å². The maximum Gasteiger partial charge on any atom is 2.00 e. The van der Waals surface area contributed by atoms with Crippen LogP contribution in [0.4, 0.5) is 8.78 Å². The normalized spacial score (nSPS) is 8.62. The Morgan fingerprint density at radius 1 is 1.38 bits per heavy atom. The molecule has 72 valence electrons. The minimum absolute atomic E-state index is 0. The van der Waals surface area contributed by atoms with Crippen molar-refractivity contribution in [1.82, 2.24) is 0 Å². The average Bonchev–Trinajstić information content (AvgIpc) is 1.96. The van der Waals surface area contributed by atoms with Crippen molar-refractivity contribution in [1.29, 1.82) is 0 Å². The van der Waals surface area contributed by atoms with E-state index in [0.717, 1.165) is 5.56 Å². The summed E-state index contributed by atoms with van der Waals surface area (Å²) in [6, 6.07) is 4.26. The van der Waals surface area contributed by atoms with E-state index < -0.39 is 12.5 Å². The van der Waals surface area contributed by atoms with Crippen LogP contribution in [-0.4, -0.2) is 0 Å². The fourth-order valence-corrected chi connectivity index (χ4v) is 1.05. The summed E-state index contributed by atoms with van der Waals surface area (Å²) in [4.78, 5) is 0. The predicted octanol–water partition coefficient (Wildman–Crippen LogP) is 3.16. The predicted molar refractivity (Wildman–Crippen MR) is 45.9 cm³/mol. The fraction of sp³-hybridized carbons (Fsp3) is 0.300. The van der Waals surface area contributed by atoms with Crippen molar-refractivity contribution >= 4 is 0 Å². The number of rotatable bonds is 1. The summed E-state index contributed by atoms with van der Waals surface area (Å²) in [5.74, 6) is -0.474. The van der Waals surface area contributed by atoms with Crippen molar-refractivity contribution in [2.45, 2.75) is 20.5 Å². The van der Waals surface area contributed by atoms with Crippen LogP contribution in [0.15, 0.2) is 6.07 Å². The van der Waals surface area contributed by atoms with Crippen LogP contribution < -0.4 is 0 Å². The van der Waals surface area contributed by atoms with E-state index in [2.05, 4.69) is 6.07 Å². The molecule has 1 aromatic carbocycles. The quantitative estimate of drug-likeness (QED) is 0.680. The van der Waals surface area contributed by atoms with Gasteiger partial charge in [-0.15, -0.1) is 5.56 Å². The Balaban J connectivity index is 0. The van der Waals surface area contributed by atoms with Gasteiger partial charge < -0.3 is 7.43 Å². The van der Waals surface area contributed by atoms with Gasteiger partial charge in [-0.1, -0.05) is 19.4 Å². The second-order valence-corrected chi connectivity index (χ2v) is 2.56. The van der Waals surface area contributed by atoms with Gasteiger partial charge in [0.05, 0.1) is 6.67 Å². The van der Waals surface area contributed by atoms with Crippen LogP contribution in [0.2, 0.25) is 0 Å². The molecule has 0 fully saturated rings. The molecule has 0 aromatic heterocycles. The third-order valence-electron chi connectivity index (χ3n) is 1.53. The molecule has 0 amide bonds. The number of aryl methyl sites for hydroxylation is 2. The van der Waals surface area contributed by atoms with E-state index >= 15 is 0 Å². The molecule has 0 unspecified atom stereocenters. The van der Waals surface area contributed by atoms with Gasteiger partial charge in [-0.3, -0.25) is 4.39 Å². The van der Waals surface area contributed by atoms with E-state index in [4.69, 9.17) is 0 Å². The average molecular weight is 354 g/mol. The van der Waals surface area contributed by atoms with E-state index in [1.807, 2.05) is 0 Å². The molecule has 1 rings (SSSR count). The van der Waals surface area contributed by atoms with Crippen LogP contribution in [0.5, 0.6) is 0 Å². The van der Waals surface area contributed by atoms with Crippen molar-refractivity contribution in [3.63, 3.8) is 0 Å². The molecule has 1 aromatic rings. The molecular weight excluding hydrogens is 342 g/mol. The Morgan fingerprint density at radius 3 is 2.38 bits per heavy atom. The van der Waals surface area contributed by atoms with Crippen molar-refractivity contribution < 1.29 is 29.8 Å². The van der Waals surface area contributed by atoms with Crippen molar-refractivity contribution in [2.75, 3.05) is 0 Å². The maximum atomic E-state index is 12.9. The van der Waals surface area contributed by atoms with E-state index in [-0.39, 0.29) is 34.1 Å². The number of hydrogen-bond acceptors (Lipinski definition) is 0. The first-order valence-electron chi connectivity index (χ1n) is 3.39. The summed E-state index contributed by atoms with van der Waals surface area (Å²) in [6.45, 7) is 2.61. The number of hydrogen-bond donors (Lipinski definition) is 0. The smallest absolute Gasteiger partial charge is 0.358 e. The SMILES string of the molecule is Cc1[c-]c(CF)c(F)c(C)c1.[CH3-].[W+2]. The molecule has 0 heterocycles. The standard InChI is InChI=1S/C9H9F2.CH3.W/c1-6-3-7(2)9(11)8(4-6)5-10;;/h3H,5H2,1-2H3;1H3;/q2*-1;+2. The molecule has 0 spiro atoms. The Bertz CT molecular complexity index is 272. The number of alkyl halides is 1. The summed E-state index contributed by atoms with van der Waals surface area (Å²) in [5, 5.41) is 0. The molecule has 0 radical (unpaired) electrons. The van der Waals surface area contributed by atoms with Crippen molar-refractivity contribution in [2.24, 2.45) is 0 Å². The molecule has 13 heavy (non-hydrogen) atoms. The van der Waals surface area contributed by atoms with E-state index in [1.54, 1.807) is 19.9 Å². The zero-order chi connectivity index (χ0) is 8.43. The van der Waals surface area contributed by atoms with Gasteiger partial charge >= 0.3 is 21.1 Å². The summed E-state index contributed by atoms with van der Waals surface area (Å²) in [5.41, 5.74) is 1.29. The number of benzene rings is 1. The summed E-state index contributed by atoms with van der Waals surface area (Å²) >= 11 is 0. The molecular formula is C10H12F2W. The molecule has 0 nitrogen and oxygen atoms in total. The summed E-state index contributed by atoms with van der Waals surface area (Å²) in [7, 11) is 0. The van der Waals surface area contributed by atoms with E-state index in [1.165, 1.54) is 0 Å². The molecule has 0 aliphatic heterocycles. The first-order chi connectivity index (χ1) is 5.15. The van der Waals surface area contributed by atoms with Crippen LogP contribution >= 0.6 is 0 Å². The monoisotopic (exact) mass is 354 g/mol. The van der Waals surface area contributed by atoms with Gasteiger partial charge in [0, 0.05) is 5.82 Å². The molecule has 0 atom stereocenters. The second-order valence-electron chi connectivity index (χ2n) is 2.56. The van der Waals surface area contributed by atoms with E-state index in [9.17, 15) is 8.78 Å². The molecule has 0 aliphatic carbocycles. The Kier molecular flexibility index (Phi) is 7.34. The van der Waals surface area contributed by atoms with Crippen LogP contribution in [0, 0.1) is 33.2 Å². The fourth-order valence-electron chi connectivity index (χ4n) is 1.05. The third kappa shape index (κ3) is 3.56. The van der Waals surface area contributed by atoms with E-state index in [0.29, 0.717) is 5.56 Å². The topological polar surface area (TPSA) is 0 Å². The van der Waals surface area contributed by atoms with Crippen molar-refractivity contribution in [3.8, 4) is 0 Å². The summed E-state index contributed by atoms with van der Waals surface area (Å²) < 4.78 is 25.0. The first-order valence-corrected chi connectivity index (χ1v) is 3.39. The minimum Gasteiger partial charge on any atom is -0.358 e. The van der Waals surface area contributed by atoms with Gasteiger partial charge in [0.1, 0.15) is 0 Å². The van der Waals surface area contributed by atoms with Crippen LogP contribution in [0.3, 0.4) is 0 Å². The molecule has 0 bridgehead atoms. The Hall–Kier alpha value is -0.232. The maximum absolute atomic E-state index is 12.9. The minimum atomic E-state index is -0.783. The Morgan fingerprint density at radius 2 is 1.92 bits per heavy atom. The largest absolute Gasteiger partial charge is 2.00 e. The van der Waals surface area contributed by atoms with Crippen molar-refractivity contribution in [3.05, 3.63) is 42.1 Å². The van der Waals surface area contributed by atoms with Gasteiger partial charge in [-0.2, -0.15) is 17.7 Å². The molecule has 0 saturated heterocycles. The van der Waals surface area contributed by atoms with Gasteiger partial charge in [0.2, 0.25) is 0 Å². The molecule has 3 heteroatoms. The van der Waals surface area contributed by atoms with Gasteiger partial charge in [0.15, 0.2) is 0 Å². The van der Waals surface area contributed by atoms with Gasteiger partial charge in [0.25, 0.3) is 0 Å². The Labute approximate surface area is 92.6 Å². The summed E-state index contributed by atoms with van der Waals surface area (Å²) in [6.07, 6.45) is 0. The third-order valence-corrected chi connectivity index (χ3v) is 1.53. The van der Waals surface area contributed by atoms with Crippen LogP contribution in [0.25, 0.3) is 0 Å². The van der Waals surface area contributed by atoms with Crippen LogP contribution in [0.1, 0.15) is 16.7 Å². The zero-order valence-electron chi connectivity index (χ0n) is 7.95. The number of halogens is 2. The van der Waals surface area contributed by atoms with Gasteiger partial charge in [-0.05, 0) is 0 Å². The molecule has 0 aliphatic rings. The van der Waals surface area contributed by atoms with Gasteiger partial charge in [-0.25, -0.2) is 4.39 Å². The zero-order valence-corrected chi connectivity index (χ0v) is 10.9. The molecule has 0 N–H and O–H groups in total. The first kappa shape index (κ1) is 15.2. The second kappa shape index (κ2) is 6.26.